The number of rotatable bonds is 5. The maximum Gasteiger partial charge on any atom is 0.214 e. The van der Waals surface area contributed by atoms with Crippen molar-refractivity contribution >= 4 is 10.0 Å². The first kappa shape index (κ1) is 15.9. The number of fused-ring (bicyclic) bond motifs is 1. The van der Waals surface area contributed by atoms with E-state index in [1.165, 1.54) is 5.56 Å². The van der Waals surface area contributed by atoms with Crippen molar-refractivity contribution in [3.05, 3.63) is 35.9 Å². The van der Waals surface area contributed by atoms with Gasteiger partial charge >= 0.3 is 0 Å². The van der Waals surface area contributed by atoms with Gasteiger partial charge in [-0.3, -0.25) is 9.29 Å². The topological polar surface area (TPSA) is 40.6 Å². The van der Waals surface area contributed by atoms with Gasteiger partial charge in [0.05, 0.1) is 12.4 Å². The number of hydrogen-bond acceptors (Lipinski definition) is 3. The third kappa shape index (κ3) is 2.92. The standard InChI is InChI=1S/C16H23FN2O2S/c1-18-10-14-11-19(22(20,21)9-5-8-17)12-15(14)16(18)13-6-3-2-4-7-13/h2-4,6-7,14-16H,5,8-12H2,1H3/t14-,15-,16+/m1/s1. The molecule has 2 fully saturated rings. The van der Waals surface area contributed by atoms with Crippen LogP contribution in [0.1, 0.15) is 18.0 Å². The highest BCUT2D eigenvalue weighted by Gasteiger charge is 2.48. The normalized spacial score (nSPS) is 29.8. The van der Waals surface area contributed by atoms with Gasteiger partial charge in [0.25, 0.3) is 0 Å². The molecule has 6 heteroatoms. The molecule has 0 aromatic heterocycles. The monoisotopic (exact) mass is 326 g/mol. The summed E-state index contributed by atoms with van der Waals surface area (Å²) in [5.74, 6) is 0.623. The lowest BCUT2D eigenvalue weighted by molar-refractivity contribution is 0.261. The van der Waals surface area contributed by atoms with Crippen LogP contribution in [-0.4, -0.2) is 56.7 Å². The predicted molar refractivity (Wildman–Crippen MR) is 84.7 cm³/mol. The summed E-state index contributed by atoms with van der Waals surface area (Å²) in [5, 5.41) is 0. The predicted octanol–water partition coefficient (Wildman–Crippen LogP) is 1.91. The molecule has 2 heterocycles. The molecule has 3 atom stereocenters. The van der Waals surface area contributed by atoms with Crippen molar-refractivity contribution in [1.82, 2.24) is 9.21 Å². The van der Waals surface area contributed by atoms with Gasteiger partial charge < -0.3 is 0 Å². The lowest BCUT2D eigenvalue weighted by Crippen LogP contribution is -2.35. The molecule has 3 rings (SSSR count). The summed E-state index contributed by atoms with van der Waals surface area (Å²) in [6, 6.07) is 10.6. The zero-order valence-electron chi connectivity index (χ0n) is 12.9. The molecule has 0 N–H and O–H groups in total. The fraction of sp³-hybridized carbons (Fsp3) is 0.625. The fourth-order valence-electron chi connectivity index (χ4n) is 3.96. The molecule has 0 radical (unpaired) electrons. The number of benzene rings is 1. The molecule has 2 aliphatic heterocycles. The second-order valence-electron chi connectivity index (χ2n) is 6.39. The average molecular weight is 326 g/mol. The summed E-state index contributed by atoms with van der Waals surface area (Å²) >= 11 is 0. The summed E-state index contributed by atoms with van der Waals surface area (Å²) in [7, 11) is -1.20. The quantitative estimate of drug-likeness (QED) is 0.830. The van der Waals surface area contributed by atoms with Gasteiger partial charge in [0.15, 0.2) is 0 Å². The van der Waals surface area contributed by atoms with Crippen LogP contribution in [0, 0.1) is 11.8 Å². The van der Waals surface area contributed by atoms with Gasteiger partial charge in [-0.1, -0.05) is 30.3 Å². The summed E-state index contributed by atoms with van der Waals surface area (Å²) < 4.78 is 38.5. The number of likely N-dealkylation sites (tertiary alicyclic amines) is 1. The van der Waals surface area contributed by atoms with E-state index in [1.54, 1.807) is 4.31 Å². The Morgan fingerprint density at radius 3 is 2.59 bits per heavy atom. The van der Waals surface area contributed by atoms with Gasteiger partial charge in [-0.15, -0.1) is 0 Å². The van der Waals surface area contributed by atoms with E-state index in [2.05, 4.69) is 24.1 Å². The molecule has 22 heavy (non-hydrogen) atoms. The van der Waals surface area contributed by atoms with Crippen LogP contribution < -0.4 is 0 Å². The third-order valence-electron chi connectivity index (χ3n) is 4.93. The lowest BCUT2D eigenvalue weighted by Gasteiger charge is -2.26. The second kappa shape index (κ2) is 6.26. The molecule has 0 bridgehead atoms. The van der Waals surface area contributed by atoms with Gasteiger partial charge in [-0.25, -0.2) is 12.7 Å². The van der Waals surface area contributed by atoms with Crippen LogP contribution >= 0.6 is 0 Å². The van der Waals surface area contributed by atoms with E-state index in [0.717, 1.165) is 6.54 Å². The number of hydrogen-bond donors (Lipinski definition) is 0. The molecule has 2 aliphatic rings. The van der Waals surface area contributed by atoms with Crippen LogP contribution in [0.4, 0.5) is 4.39 Å². The lowest BCUT2D eigenvalue weighted by atomic mass is 9.90. The van der Waals surface area contributed by atoms with E-state index in [9.17, 15) is 12.8 Å². The van der Waals surface area contributed by atoms with Crippen molar-refractivity contribution in [2.75, 3.05) is 39.1 Å². The molecule has 0 saturated carbocycles. The molecule has 1 aromatic carbocycles. The molecule has 0 unspecified atom stereocenters. The van der Waals surface area contributed by atoms with Crippen molar-refractivity contribution in [2.24, 2.45) is 11.8 Å². The Morgan fingerprint density at radius 1 is 1.18 bits per heavy atom. The van der Waals surface area contributed by atoms with Crippen LogP contribution in [0.2, 0.25) is 0 Å². The van der Waals surface area contributed by atoms with Gasteiger partial charge in [0.1, 0.15) is 0 Å². The molecule has 4 nitrogen and oxygen atoms in total. The SMILES string of the molecule is CN1C[C@@H]2CN(S(=O)(=O)CCCF)C[C@H]2[C@@H]1c1ccccc1. The first-order chi connectivity index (χ1) is 10.5. The Balaban J connectivity index is 1.77. The van der Waals surface area contributed by atoms with Crippen LogP contribution in [0.15, 0.2) is 30.3 Å². The van der Waals surface area contributed by atoms with E-state index < -0.39 is 16.7 Å². The smallest absolute Gasteiger partial charge is 0.214 e. The van der Waals surface area contributed by atoms with Crippen molar-refractivity contribution in [3.8, 4) is 0 Å². The Morgan fingerprint density at radius 2 is 1.91 bits per heavy atom. The molecule has 122 valence electrons. The molecule has 0 amide bonds. The number of halogens is 1. The molecule has 0 spiro atoms. The minimum Gasteiger partial charge on any atom is -0.299 e. The van der Waals surface area contributed by atoms with Gasteiger partial charge in [0, 0.05) is 25.7 Å². The van der Waals surface area contributed by atoms with Gasteiger partial charge in [0.2, 0.25) is 10.0 Å². The highest BCUT2D eigenvalue weighted by Crippen LogP contribution is 2.44. The molecule has 2 saturated heterocycles. The number of alkyl halides is 1. The van der Waals surface area contributed by atoms with Gasteiger partial charge in [-0.05, 0) is 30.9 Å². The Bertz CT molecular complexity index is 608. The van der Waals surface area contributed by atoms with Crippen LogP contribution in [-0.2, 0) is 10.0 Å². The first-order valence-electron chi connectivity index (χ1n) is 7.82. The van der Waals surface area contributed by atoms with Gasteiger partial charge in [-0.2, -0.15) is 0 Å². The minimum atomic E-state index is -3.31. The average Bonchev–Trinajstić information content (AvgIpc) is 3.03. The fourth-order valence-corrected chi connectivity index (χ4v) is 5.51. The number of nitrogens with zero attached hydrogens (tertiary/aromatic N) is 2. The maximum absolute atomic E-state index is 12.3. The summed E-state index contributed by atoms with van der Waals surface area (Å²) in [6.45, 7) is 1.48. The van der Waals surface area contributed by atoms with Crippen LogP contribution in [0.5, 0.6) is 0 Å². The van der Waals surface area contributed by atoms with E-state index in [1.807, 2.05) is 18.2 Å². The zero-order chi connectivity index (χ0) is 15.7. The second-order valence-corrected chi connectivity index (χ2v) is 8.48. The number of sulfonamides is 1. The van der Waals surface area contributed by atoms with E-state index in [0.29, 0.717) is 24.9 Å². The van der Waals surface area contributed by atoms with E-state index in [4.69, 9.17) is 0 Å². The van der Waals surface area contributed by atoms with Crippen LogP contribution in [0.3, 0.4) is 0 Å². The Kier molecular flexibility index (Phi) is 4.52. The highest BCUT2D eigenvalue weighted by molar-refractivity contribution is 7.89. The van der Waals surface area contributed by atoms with E-state index >= 15 is 0 Å². The van der Waals surface area contributed by atoms with Crippen molar-refractivity contribution < 1.29 is 12.8 Å². The highest BCUT2D eigenvalue weighted by atomic mass is 32.2. The Hall–Kier alpha value is -0.980. The molecule has 0 aliphatic carbocycles. The van der Waals surface area contributed by atoms with Crippen LogP contribution in [0.25, 0.3) is 0 Å². The van der Waals surface area contributed by atoms with Crippen molar-refractivity contribution in [3.63, 3.8) is 0 Å². The maximum atomic E-state index is 12.3. The third-order valence-corrected chi connectivity index (χ3v) is 6.82. The summed E-state index contributed by atoms with van der Waals surface area (Å²) in [6.07, 6.45) is 0.0934. The van der Waals surface area contributed by atoms with E-state index in [-0.39, 0.29) is 18.2 Å². The first-order valence-corrected chi connectivity index (χ1v) is 9.43. The zero-order valence-corrected chi connectivity index (χ0v) is 13.7. The Labute approximate surface area is 132 Å². The molecule has 1 aromatic rings. The molecular weight excluding hydrogens is 303 g/mol. The largest absolute Gasteiger partial charge is 0.299 e. The molecular formula is C16H23FN2O2S. The van der Waals surface area contributed by atoms with Crippen molar-refractivity contribution in [2.45, 2.75) is 12.5 Å². The minimum absolute atomic E-state index is 0.0746. The van der Waals surface area contributed by atoms with Crippen molar-refractivity contribution in [1.29, 1.82) is 0 Å². The summed E-state index contributed by atoms with van der Waals surface area (Å²) in [5.41, 5.74) is 1.25. The summed E-state index contributed by atoms with van der Waals surface area (Å²) in [4.78, 5) is 2.33.